The second-order valence-corrected chi connectivity index (χ2v) is 7.13. The maximum absolute atomic E-state index is 9.47. The normalized spacial score (nSPS) is 16.8. The van der Waals surface area contributed by atoms with Crippen molar-refractivity contribution in [3.8, 4) is 17.5 Å². The highest BCUT2D eigenvalue weighted by atomic mass is 15.2. The van der Waals surface area contributed by atoms with Crippen LogP contribution < -0.4 is 10.6 Å². The van der Waals surface area contributed by atoms with Crippen LogP contribution in [-0.4, -0.2) is 43.5 Å². The molecule has 5 heterocycles. The van der Waals surface area contributed by atoms with Crippen molar-refractivity contribution in [1.82, 2.24) is 24.3 Å². The summed E-state index contributed by atoms with van der Waals surface area (Å²) in [6.07, 6.45) is 6.49. The van der Waals surface area contributed by atoms with Gasteiger partial charge in [-0.2, -0.15) is 5.26 Å². The van der Waals surface area contributed by atoms with E-state index in [2.05, 4.69) is 25.9 Å². The van der Waals surface area contributed by atoms with Gasteiger partial charge in [0.05, 0.1) is 23.0 Å². The maximum Gasteiger partial charge on any atom is 0.161 e. The number of aryl methyl sites for hydroxylation is 1. The lowest BCUT2D eigenvalue weighted by Gasteiger charge is -2.17. The van der Waals surface area contributed by atoms with Gasteiger partial charge in [0.25, 0.3) is 0 Å². The Morgan fingerprint density at radius 3 is 2.86 bits per heavy atom. The standard InChI is InChI=1S/C20H18N8/c1-12-9-28-10-14(6-13(7-21)20(28)24-12)19-23-8-17-16(26-19)2-3-18(25-17)27-5-4-15(22)11-27/h2-3,6,8-10,15H,4-5,11,22H2,1H3. The molecule has 0 spiro atoms. The summed E-state index contributed by atoms with van der Waals surface area (Å²) < 4.78 is 1.84. The van der Waals surface area contributed by atoms with Crippen molar-refractivity contribution in [2.45, 2.75) is 19.4 Å². The lowest BCUT2D eigenvalue weighted by atomic mass is 10.2. The zero-order valence-electron chi connectivity index (χ0n) is 15.4. The first-order valence-electron chi connectivity index (χ1n) is 9.15. The van der Waals surface area contributed by atoms with E-state index in [0.29, 0.717) is 17.0 Å². The molecule has 28 heavy (non-hydrogen) atoms. The Balaban J connectivity index is 1.56. The van der Waals surface area contributed by atoms with E-state index in [1.165, 1.54) is 0 Å². The molecule has 5 rings (SSSR count). The Labute approximate surface area is 161 Å². The van der Waals surface area contributed by atoms with Gasteiger partial charge in [-0.25, -0.2) is 19.9 Å². The summed E-state index contributed by atoms with van der Waals surface area (Å²) in [5.74, 6) is 1.45. The number of anilines is 1. The van der Waals surface area contributed by atoms with Crippen LogP contribution in [0.5, 0.6) is 0 Å². The first-order valence-corrected chi connectivity index (χ1v) is 9.15. The van der Waals surface area contributed by atoms with Gasteiger partial charge in [0.1, 0.15) is 17.4 Å². The third-order valence-corrected chi connectivity index (χ3v) is 5.02. The minimum Gasteiger partial charge on any atom is -0.355 e. The summed E-state index contributed by atoms with van der Waals surface area (Å²) >= 11 is 0. The van der Waals surface area contributed by atoms with E-state index in [0.717, 1.165) is 47.6 Å². The third-order valence-electron chi connectivity index (χ3n) is 5.02. The van der Waals surface area contributed by atoms with Crippen LogP contribution in [0.3, 0.4) is 0 Å². The van der Waals surface area contributed by atoms with Gasteiger partial charge in [0, 0.05) is 37.1 Å². The fourth-order valence-electron chi connectivity index (χ4n) is 3.65. The molecule has 1 aliphatic heterocycles. The number of rotatable bonds is 2. The molecule has 0 saturated carbocycles. The van der Waals surface area contributed by atoms with Crippen LogP contribution in [-0.2, 0) is 0 Å². The molecular formula is C20H18N8. The molecule has 1 aliphatic rings. The Kier molecular flexibility index (Phi) is 3.70. The van der Waals surface area contributed by atoms with Gasteiger partial charge < -0.3 is 15.0 Å². The van der Waals surface area contributed by atoms with Crippen molar-refractivity contribution in [2.24, 2.45) is 5.73 Å². The van der Waals surface area contributed by atoms with Crippen molar-refractivity contribution < 1.29 is 0 Å². The number of pyridine rings is 2. The van der Waals surface area contributed by atoms with Crippen molar-refractivity contribution in [3.63, 3.8) is 0 Å². The smallest absolute Gasteiger partial charge is 0.161 e. The number of nitrogens with two attached hydrogens (primary N) is 1. The lowest BCUT2D eigenvalue weighted by molar-refractivity contribution is 0.751. The Morgan fingerprint density at radius 2 is 2.07 bits per heavy atom. The number of aromatic nitrogens is 5. The largest absolute Gasteiger partial charge is 0.355 e. The van der Waals surface area contributed by atoms with E-state index in [-0.39, 0.29) is 6.04 Å². The summed E-state index contributed by atoms with van der Waals surface area (Å²) in [4.78, 5) is 20.4. The molecule has 1 fully saturated rings. The second-order valence-electron chi connectivity index (χ2n) is 7.13. The molecule has 1 saturated heterocycles. The van der Waals surface area contributed by atoms with Crippen LogP contribution in [0, 0.1) is 18.3 Å². The average Bonchev–Trinajstić information content (AvgIpc) is 3.31. The summed E-state index contributed by atoms with van der Waals surface area (Å²) in [7, 11) is 0. The quantitative estimate of drug-likeness (QED) is 0.575. The predicted octanol–water partition coefficient (Wildman–Crippen LogP) is 2.06. The van der Waals surface area contributed by atoms with Crippen LogP contribution in [0.1, 0.15) is 17.7 Å². The Hall–Kier alpha value is -3.57. The van der Waals surface area contributed by atoms with Crippen molar-refractivity contribution in [3.05, 3.63) is 48.0 Å². The zero-order valence-corrected chi connectivity index (χ0v) is 15.4. The molecule has 0 radical (unpaired) electrons. The van der Waals surface area contributed by atoms with Gasteiger partial charge in [0.15, 0.2) is 11.5 Å². The summed E-state index contributed by atoms with van der Waals surface area (Å²) in [6.45, 7) is 3.63. The fourth-order valence-corrected chi connectivity index (χ4v) is 3.65. The molecule has 1 atom stereocenters. The van der Waals surface area contributed by atoms with Gasteiger partial charge in [-0.3, -0.25) is 0 Å². The van der Waals surface area contributed by atoms with E-state index in [1.54, 1.807) is 12.3 Å². The molecule has 8 heteroatoms. The summed E-state index contributed by atoms with van der Waals surface area (Å²) in [5.41, 5.74) is 10.2. The summed E-state index contributed by atoms with van der Waals surface area (Å²) in [5, 5.41) is 9.47. The highest BCUT2D eigenvalue weighted by Crippen LogP contribution is 2.24. The van der Waals surface area contributed by atoms with Crippen LogP contribution in [0.2, 0.25) is 0 Å². The van der Waals surface area contributed by atoms with E-state index >= 15 is 0 Å². The van der Waals surface area contributed by atoms with Gasteiger partial charge in [-0.1, -0.05) is 0 Å². The average molecular weight is 370 g/mol. The molecule has 2 N–H and O–H groups in total. The second kappa shape index (κ2) is 6.25. The maximum atomic E-state index is 9.47. The van der Waals surface area contributed by atoms with Gasteiger partial charge >= 0.3 is 0 Å². The molecule has 1 unspecified atom stereocenters. The molecule has 0 bridgehead atoms. The number of hydrogen-bond donors (Lipinski definition) is 1. The van der Waals surface area contributed by atoms with Gasteiger partial charge in [-0.05, 0) is 31.5 Å². The first-order chi connectivity index (χ1) is 13.6. The SMILES string of the molecule is Cc1cn2cc(-c3ncc4nc(N5CCC(N)C5)ccc4n3)cc(C#N)c2n1. The monoisotopic (exact) mass is 370 g/mol. The van der Waals surface area contributed by atoms with Crippen LogP contribution in [0.25, 0.3) is 28.1 Å². The third kappa shape index (κ3) is 2.73. The summed E-state index contributed by atoms with van der Waals surface area (Å²) in [6, 6.07) is 8.11. The van der Waals surface area contributed by atoms with Crippen LogP contribution in [0.4, 0.5) is 5.82 Å². The Bertz CT molecular complexity index is 1250. The minimum absolute atomic E-state index is 0.201. The first kappa shape index (κ1) is 16.6. The number of nitriles is 1. The molecule has 4 aromatic rings. The van der Waals surface area contributed by atoms with Crippen LogP contribution in [0.15, 0.2) is 36.8 Å². The fraction of sp³-hybridized carbons (Fsp3) is 0.250. The lowest BCUT2D eigenvalue weighted by Crippen LogP contribution is -2.26. The number of hydrogen-bond acceptors (Lipinski definition) is 7. The molecule has 0 aromatic carbocycles. The van der Waals surface area contributed by atoms with Crippen molar-refractivity contribution in [2.75, 3.05) is 18.0 Å². The Morgan fingerprint density at radius 1 is 1.18 bits per heavy atom. The van der Waals surface area contributed by atoms with Crippen molar-refractivity contribution >= 4 is 22.5 Å². The van der Waals surface area contributed by atoms with Gasteiger partial charge in [-0.15, -0.1) is 0 Å². The number of fused-ring (bicyclic) bond motifs is 2. The molecular weight excluding hydrogens is 352 g/mol. The molecule has 0 aliphatic carbocycles. The number of nitrogens with zero attached hydrogens (tertiary/aromatic N) is 7. The zero-order chi connectivity index (χ0) is 19.3. The van der Waals surface area contributed by atoms with Gasteiger partial charge in [0.2, 0.25) is 0 Å². The van der Waals surface area contributed by atoms with Crippen molar-refractivity contribution in [1.29, 1.82) is 5.26 Å². The minimum atomic E-state index is 0.201. The van der Waals surface area contributed by atoms with E-state index in [4.69, 9.17) is 10.7 Å². The highest BCUT2D eigenvalue weighted by Gasteiger charge is 2.20. The topological polar surface area (TPSA) is 109 Å². The van der Waals surface area contributed by atoms with E-state index < -0.39 is 0 Å². The molecule has 4 aromatic heterocycles. The van der Waals surface area contributed by atoms with E-state index in [9.17, 15) is 5.26 Å². The number of imidazole rings is 1. The predicted molar refractivity (Wildman–Crippen MR) is 106 cm³/mol. The van der Waals surface area contributed by atoms with Crippen LogP contribution >= 0.6 is 0 Å². The molecule has 138 valence electrons. The van der Waals surface area contributed by atoms with E-state index in [1.807, 2.05) is 35.9 Å². The molecule has 0 amide bonds. The highest BCUT2D eigenvalue weighted by molar-refractivity contribution is 5.78. The molecule has 8 nitrogen and oxygen atoms in total.